The minimum absolute atomic E-state index is 0.0951. The topological polar surface area (TPSA) is 90.5 Å². The average molecular weight is 435 g/mol. The van der Waals surface area contributed by atoms with E-state index in [-0.39, 0.29) is 24.4 Å². The molecule has 7 heteroatoms. The highest BCUT2D eigenvalue weighted by Crippen LogP contribution is 2.29. The Labute approximate surface area is 188 Å². The van der Waals surface area contributed by atoms with E-state index in [0.717, 1.165) is 24.8 Å². The second-order valence-electron chi connectivity index (χ2n) is 8.72. The molecular weight excluding hydrogens is 404 g/mol. The maximum Gasteiger partial charge on any atom is 0.323 e. The van der Waals surface area contributed by atoms with Crippen molar-refractivity contribution in [3.63, 3.8) is 0 Å². The number of hydrogen-bond donors (Lipinski definition) is 3. The highest BCUT2D eigenvalue weighted by Gasteiger charge is 2.31. The van der Waals surface area contributed by atoms with E-state index >= 15 is 0 Å². The molecule has 3 N–H and O–H groups in total. The van der Waals surface area contributed by atoms with Crippen molar-refractivity contribution < 1.29 is 14.4 Å². The van der Waals surface area contributed by atoms with Crippen molar-refractivity contribution in [2.75, 3.05) is 16.8 Å². The number of para-hydroxylation sites is 2. The number of rotatable bonds is 5. The number of anilines is 2. The van der Waals surface area contributed by atoms with E-state index in [2.05, 4.69) is 22.9 Å². The van der Waals surface area contributed by atoms with Crippen LogP contribution in [-0.2, 0) is 16.0 Å². The number of carbonyl (C=O) groups excluding carboxylic acids is 3. The van der Waals surface area contributed by atoms with Gasteiger partial charge in [0.05, 0.1) is 11.4 Å². The fourth-order valence-electron chi connectivity index (χ4n) is 4.51. The molecule has 4 amide bonds. The predicted octanol–water partition coefficient (Wildman–Crippen LogP) is 3.46. The second kappa shape index (κ2) is 9.85. The lowest BCUT2D eigenvalue weighted by atomic mass is 9.85. The zero-order chi connectivity index (χ0) is 22.5. The molecule has 2 aliphatic rings. The van der Waals surface area contributed by atoms with Crippen LogP contribution in [0.1, 0.15) is 38.2 Å². The molecule has 1 aliphatic carbocycles. The van der Waals surface area contributed by atoms with Gasteiger partial charge in [0.15, 0.2) is 0 Å². The van der Waals surface area contributed by atoms with E-state index in [1.807, 2.05) is 36.4 Å². The molecule has 0 saturated heterocycles. The average Bonchev–Trinajstić information content (AvgIpc) is 2.80. The highest BCUT2D eigenvalue weighted by molar-refractivity contribution is 6.10. The molecule has 1 saturated carbocycles. The standard InChI is InChI=1S/C25H30N4O3/c1-17-9-5-6-12-19(17)27-24(31)21(15-18-10-3-2-4-11-18)28-25(32)29-16-23(30)26-20-13-7-8-14-22(20)29/h2-4,7-8,10-11,13-14,17,19,21H,5-6,9,12,15-16H2,1H3,(H,26,30)(H,27,31)(H,28,32)/t17-,19+,21+/m0/s1. The molecule has 4 rings (SSSR count). The number of amides is 4. The maximum atomic E-state index is 13.3. The lowest BCUT2D eigenvalue weighted by Crippen LogP contribution is -2.56. The summed E-state index contributed by atoms with van der Waals surface area (Å²) in [6.07, 6.45) is 4.72. The van der Waals surface area contributed by atoms with E-state index in [4.69, 9.17) is 0 Å². The van der Waals surface area contributed by atoms with Gasteiger partial charge in [-0.3, -0.25) is 14.5 Å². The van der Waals surface area contributed by atoms with Gasteiger partial charge in [-0.05, 0) is 36.5 Å². The van der Waals surface area contributed by atoms with Crippen LogP contribution >= 0.6 is 0 Å². The molecule has 0 bridgehead atoms. The van der Waals surface area contributed by atoms with E-state index in [1.54, 1.807) is 18.2 Å². The van der Waals surface area contributed by atoms with Crippen LogP contribution in [0.2, 0.25) is 0 Å². The second-order valence-corrected chi connectivity index (χ2v) is 8.72. The quantitative estimate of drug-likeness (QED) is 0.673. The van der Waals surface area contributed by atoms with Crippen molar-refractivity contribution >= 4 is 29.2 Å². The molecule has 7 nitrogen and oxygen atoms in total. The number of nitrogens with zero attached hydrogens (tertiary/aromatic N) is 1. The summed E-state index contributed by atoms with van der Waals surface area (Å²) in [5, 5.41) is 8.85. The Kier molecular flexibility index (Phi) is 6.73. The summed E-state index contributed by atoms with van der Waals surface area (Å²) in [5.74, 6) is -0.0342. The third-order valence-electron chi connectivity index (χ3n) is 6.35. The first-order chi connectivity index (χ1) is 15.5. The summed E-state index contributed by atoms with van der Waals surface area (Å²) in [6, 6.07) is 15.7. The van der Waals surface area contributed by atoms with Gasteiger partial charge in [-0.2, -0.15) is 0 Å². The minimum atomic E-state index is -0.740. The first-order valence-electron chi connectivity index (χ1n) is 11.3. The fourth-order valence-corrected chi connectivity index (χ4v) is 4.51. The summed E-state index contributed by atoms with van der Waals surface area (Å²) >= 11 is 0. The molecule has 168 valence electrons. The van der Waals surface area contributed by atoms with Gasteiger partial charge in [0.2, 0.25) is 11.8 Å². The van der Waals surface area contributed by atoms with Crippen LogP contribution in [-0.4, -0.2) is 36.5 Å². The SMILES string of the molecule is C[C@H]1CCCC[C@H]1NC(=O)[C@@H](Cc1ccccc1)NC(=O)N1CC(=O)Nc2ccccc21. The minimum Gasteiger partial charge on any atom is -0.351 e. The van der Waals surface area contributed by atoms with Gasteiger partial charge < -0.3 is 16.0 Å². The number of fused-ring (bicyclic) bond motifs is 1. The van der Waals surface area contributed by atoms with Crippen molar-refractivity contribution in [1.29, 1.82) is 0 Å². The van der Waals surface area contributed by atoms with E-state index < -0.39 is 12.1 Å². The predicted molar refractivity (Wildman–Crippen MR) is 124 cm³/mol. The van der Waals surface area contributed by atoms with Crippen LogP contribution in [0.4, 0.5) is 16.2 Å². The summed E-state index contributed by atoms with van der Waals surface area (Å²) in [6.45, 7) is 2.07. The normalized spacial score (nSPS) is 21.2. The molecule has 1 aliphatic heterocycles. The van der Waals surface area contributed by atoms with Gasteiger partial charge in [-0.15, -0.1) is 0 Å². The number of hydrogen-bond acceptors (Lipinski definition) is 3. The summed E-state index contributed by atoms with van der Waals surface area (Å²) in [7, 11) is 0. The third kappa shape index (κ3) is 5.10. The molecule has 32 heavy (non-hydrogen) atoms. The molecular formula is C25H30N4O3. The van der Waals surface area contributed by atoms with Gasteiger partial charge >= 0.3 is 6.03 Å². The molecule has 0 spiro atoms. The van der Waals surface area contributed by atoms with Gasteiger partial charge in [0.25, 0.3) is 0 Å². The molecule has 1 heterocycles. The maximum absolute atomic E-state index is 13.3. The largest absolute Gasteiger partial charge is 0.351 e. The van der Waals surface area contributed by atoms with Gasteiger partial charge in [0, 0.05) is 12.5 Å². The van der Waals surface area contributed by atoms with Crippen LogP contribution in [0.15, 0.2) is 54.6 Å². The zero-order valence-electron chi connectivity index (χ0n) is 18.3. The lowest BCUT2D eigenvalue weighted by Gasteiger charge is -2.33. The number of nitrogens with one attached hydrogen (secondary N) is 3. The molecule has 0 aromatic heterocycles. The number of benzene rings is 2. The Morgan fingerprint density at radius 2 is 1.78 bits per heavy atom. The van der Waals surface area contributed by atoms with Gasteiger partial charge in [-0.1, -0.05) is 62.2 Å². The molecule has 0 unspecified atom stereocenters. The molecule has 3 atom stereocenters. The lowest BCUT2D eigenvalue weighted by molar-refractivity contribution is -0.124. The Morgan fingerprint density at radius 1 is 1.06 bits per heavy atom. The highest BCUT2D eigenvalue weighted by atomic mass is 16.2. The molecule has 2 aromatic rings. The van der Waals surface area contributed by atoms with Crippen LogP contribution < -0.4 is 20.9 Å². The van der Waals surface area contributed by atoms with Crippen molar-refractivity contribution in [2.45, 2.75) is 51.1 Å². The summed E-state index contributed by atoms with van der Waals surface area (Å²) < 4.78 is 0. The van der Waals surface area contributed by atoms with Crippen LogP contribution in [0, 0.1) is 5.92 Å². The first-order valence-corrected chi connectivity index (χ1v) is 11.3. The Morgan fingerprint density at radius 3 is 2.56 bits per heavy atom. The van der Waals surface area contributed by atoms with E-state index in [0.29, 0.717) is 23.7 Å². The van der Waals surface area contributed by atoms with Crippen molar-refractivity contribution in [2.24, 2.45) is 5.92 Å². The van der Waals surface area contributed by atoms with Crippen LogP contribution in [0.3, 0.4) is 0 Å². The van der Waals surface area contributed by atoms with Gasteiger partial charge in [0.1, 0.15) is 12.6 Å². The van der Waals surface area contributed by atoms with Crippen LogP contribution in [0.5, 0.6) is 0 Å². The monoisotopic (exact) mass is 434 g/mol. The van der Waals surface area contributed by atoms with E-state index in [9.17, 15) is 14.4 Å². The number of carbonyl (C=O) groups is 3. The smallest absolute Gasteiger partial charge is 0.323 e. The summed E-state index contributed by atoms with van der Waals surface area (Å²) in [4.78, 5) is 40.0. The molecule has 0 radical (unpaired) electrons. The first kappa shape index (κ1) is 21.9. The number of urea groups is 1. The van der Waals surface area contributed by atoms with Gasteiger partial charge in [-0.25, -0.2) is 4.79 Å². The zero-order valence-corrected chi connectivity index (χ0v) is 18.3. The Bertz CT molecular complexity index is 978. The summed E-state index contributed by atoms with van der Waals surface area (Å²) in [5.41, 5.74) is 2.16. The Balaban J connectivity index is 1.52. The molecule has 1 fully saturated rings. The van der Waals surface area contributed by atoms with Crippen LogP contribution in [0.25, 0.3) is 0 Å². The van der Waals surface area contributed by atoms with E-state index in [1.165, 1.54) is 11.3 Å². The van der Waals surface area contributed by atoms with Crippen molar-refractivity contribution in [3.05, 3.63) is 60.2 Å². The molecule has 2 aromatic carbocycles. The van der Waals surface area contributed by atoms with Crippen molar-refractivity contribution in [3.8, 4) is 0 Å². The van der Waals surface area contributed by atoms with Crippen molar-refractivity contribution in [1.82, 2.24) is 10.6 Å². The fraction of sp³-hybridized carbons (Fsp3) is 0.400. The Hall–Kier alpha value is -3.35. The third-order valence-corrected chi connectivity index (χ3v) is 6.35.